The fourth-order valence-corrected chi connectivity index (χ4v) is 3.68. The maximum Gasteiger partial charge on any atom is 0.331 e. The molecule has 0 bridgehead atoms. The van der Waals surface area contributed by atoms with Crippen molar-refractivity contribution in [2.24, 2.45) is 10.9 Å². The van der Waals surface area contributed by atoms with Crippen LogP contribution in [0.4, 0.5) is 4.79 Å². The largest absolute Gasteiger partial charge is 0.361 e. The lowest BCUT2D eigenvalue weighted by Gasteiger charge is -2.30. The average molecular weight is 402 g/mol. The third-order valence-electron chi connectivity index (χ3n) is 5.27. The second-order valence-electron chi connectivity index (χ2n) is 7.27. The lowest BCUT2D eigenvalue weighted by molar-refractivity contribution is -0.139. The minimum absolute atomic E-state index is 0.109. The molecule has 0 aliphatic carbocycles. The van der Waals surface area contributed by atoms with Crippen molar-refractivity contribution in [3.8, 4) is 0 Å². The van der Waals surface area contributed by atoms with Crippen LogP contribution in [0.15, 0.2) is 65.8 Å². The van der Waals surface area contributed by atoms with E-state index in [0.29, 0.717) is 18.7 Å². The van der Waals surface area contributed by atoms with E-state index in [4.69, 9.17) is 0 Å². The summed E-state index contributed by atoms with van der Waals surface area (Å²) in [6.07, 6.45) is 2.63. The van der Waals surface area contributed by atoms with Gasteiger partial charge < -0.3 is 4.98 Å². The SMILES string of the molecule is CC(=NCCc1c[nH]c2ccccc12)C1C(=O)NC(=O)N(Cc2ccccc2)C1=O. The molecule has 0 saturated carbocycles. The quantitative estimate of drug-likeness (QED) is 0.490. The number of carbonyl (C=O) groups is 3. The van der Waals surface area contributed by atoms with Gasteiger partial charge in [0.2, 0.25) is 11.8 Å². The first-order chi connectivity index (χ1) is 14.5. The molecule has 1 fully saturated rings. The number of aliphatic imine (C=N–C) groups is 1. The van der Waals surface area contributed by atoms with Crippen molar-refractivity contribution in [2.45, 2.75) is 19.9 Å². The molecule has 7 nitrogen and oxygen atoms in total. The summed E-state index contributed by atoms with van der Waals surface area (Å²) in [6.45, 7) is 2.21. The van der Waals surface area contributed by atoms with Gasteiger partial charge in [0.1, 0.15) is 0 Å². The molecule has 2 heterocycles. The number of hydrogen-bond donors (Lipinski definition) is 2. The van der Waals surface area contributed by atoms with Gasteiger partial charge in [0, 0.05) is 29.4 Å². The molecule has 0 spiro atoms. The Labute approximate surface area is 173 Å². The number of para-hydroxylation sites is 1. The first kappa shape index (κ1) is 19.6. The number of fused-ring (bicyclic) bond motifs is 1. The monoisotopic (exact) mass is 402 g/mol. The first-order valence-electron chi connectivity index (χ1n) is 9.80. The number of benzene rings is 2. The van der Waals surface area contributed by atoms with Gasteiger partial charge >= 0.3 is 6.03 Å². The molecule has 1 aromatic heterocycles. The Bertz CT molecular complexity index is 1130. The zero-order chi connectivity index (χ0) is 21.1. The van der Waals surface area contributed by atoms with Crippen LogP contribution in [-0.2, 0) is 22.6 Å². The second-order valence-corrected chi connectivity index (χ2v) is 7.27. The van der Waals surface area contributed by atoms with Crippen LogP contribution in [0.25, 0.3) is 10.9 Å². The van der Waals surface area contributed by atoms with E-state index in [1.807, 2.05) is 60.8 Å². The summed E-state index contributed by atoms with van der Waals surface area (Å²) >= 11 is 0. The molecule has 0 radical (unpaired) electrons. The van der Waals surface area contributed by atoms with Crippen molar-refractivity contribution >= 4 is 34.5 Å². The first-order valence-corrected chi connectivity index (χ1v) is 9.80. The normalized spacial score (nSPS) is 17.5. The van der Waals surface area contributed by atoms with Crippen LogP contribution < -0.4 is 5.32 Å². The number of urea groups is 1. The Kier molecular flexibility index (Phi) is 5.43. The van der Waals surface area contributed by atoms with Crippen LogP contribution in [0, 0.1) is 5.92 Å². The van der Waals surface area contributed by atoms with E-state index >= 15 is 0 Å². The molecule has 30 heavy (non-hydrogen) atoms. The van der Waals surface area contributed by atoms with Crippen LogP contribution in [0.1, 0.15) is 18.1 Å². The van der Waals surface area contributed by atoms with E-state index < -0.39 is 23.8 Å². The molecule has 1 atom stereocenters. The maximum absolute atomic E-state index is 12.9. The van der Waals surface area contributed by atoms with E-state index in [0.717, 1.165) is 26.9 Å². The fraction of sp³-hybridized carbons (Fsp3) is 0.217. The highest BCUT2D eigenvalue weighted by Gasteiger charge is 2.41. The zero-order valence-electron chi connectivity index (χ0n) is 16.6. The zero-order valence-corrected chi connectivity index (χ0v) is 16.6. The Hall–Kier alpha value is -3.74. The van der Waals surface area contributed by atoms with Gasteiger partial charge in [0.25, 0.3) is 0 Å². The number of nitrogens with zero attached hydrogens (tertiary/aromatic N) is 2. The van der Waals surface area contributed by atoms with Gasteiger partial charge in [-0.2, -0.15) is 0 Å². The number of carbonyl (C=O) groups excluding carboxylic acids is 3. The van der Waals surface area contributed by atoms with E-state index in [1.165, 1.54) is 0 Å². The van der Waals surface area contributed by atoms with Crippen molar-refractivity contribution in [3.63, 3.8) is 0 Å². The van der Waals surface area contributed by atoms with E-state index in [2.05, 4.69) is 15.3 Å². The lowest BCUT2D eigenvalue weighted by atomic mass is 9.99. The Morgan fingerprint density at radius 1 is 1.03 bits per heavy atom. The molecule has 7 heteroatoms. The highest BCUT2D eigenvalue weighted by molar-refractivity contribution is 6.27. The number of hydrogen-bond acceptors (Lipinski definition) is 4. The highest BCUT2D eigenvalue weighted by atomic mass is 16.2. The average Bonchev–Trinajstić information content (AvgIpc) is 3.15. The number of amides is 4. The summed E-state index contributed by atoms with van der Waals surface area (Å²) in [5, 5.41) is 3.42. The second kappa shape index (κ2) is 8.32. The van der Waals surface area contributed by atoms with Crippen LogP contribution in [-0.4, -0.2) is 40.0 Å². The Balaban J connectivity index is 1.47. The van der Waals surface area contributed by atoms with Crippen LogP contribution in [0.3, 0.4) is 0 Å². The standard InChI is InChI=1S/C23H22N4O3/c1-15(24-12-11-17-13-25-19-10-6-5-9-18(17)19)20-21(28)26-23(30)27(22(20)29)14-16-7-3-2-4-8-16/h2-10,13,20,25H,11-12,14H2,1H3,(H,26,28,30). The maximum atomic E-state index is 12.9. The summed E-state index contributed by atoms with van der Waals surface area (Å²) in [4.78, 5) is 46.3. The number of aromatic nitrogens is 1. The topological polar surface area (TPSA) is 94.6 Å². The Morgan fingerprint density at radius 3 is 2.57 bits per heavy atom. The predicted molar refractivity (Wildman–Crippen MR) is 114 cm³/mol. The van der Waals surface area contributed by atoms with Gasteiger partial charge in [0.05, 0.1) is 6.54 Å². The van der Waals surface area contributed by atoms with Crippen LogP contribution in [0.2, 0.25) is 0 Å². The molecule has 3 aromatic rings. The van der Waals surface area contributed by atoms with Gasteiger partial charge in [-0.15, -0.1) is 0 Å². The van der Waals surface area contributed by atoms with Crippen molar-refractivity contribution in [3.05, 3.63) is 71.9 Å². The molecule has 4 rings (SSSR count). The van der Waals surface area contributed by atoms with Crippen molar-refractivity contribution in [1.29, 1.82) is 0 Å². The molecule has 1 aliphatic rings. The minimum atomic E-state index is -1.09. The van der Waals surface area contributed by atoms with E-state index in [1.54, 1.807) is 6.92 Å². The van der Waals surface area contributed by atoms with Crippen LogP contribution in [0.5, 0.6) is 0 Å². The number of imide groups is 2. The summed E-state index contributed by atoms with van der Waals surface area (Å²) in [7, 11) is 0. The van der Waals surface area contributed by atoms with Crippen molar-refractivity contribution in [2.75, 3.05) is 6.54 Å². The molecule has 152 valence electrons. The number of H-pyrrole nitrogens is 1. The number of nitrogens with one attached hydrogen (secondary N) is 2. The highest BCUT2D eigenvalue weighted by Crippen LogP contribution is 2.19. The van der Waals surface area contributed by atoms with Gasteiger partial charge in [-0.25, -0.2) is 4.79 Å². The number of aromatic amines is 1. The van der Waals surface area contributed by atoms with E-state index in [-0.39, 0.29) is 6.54 Å². The number of barbiturate groups is 1. The number of rotatable bonds is 6. The molecule has 1 aliphatic heterocycles. The molecular formula is C23H22N4O3. The van der Waals surface area contributed by atoms with Gasteiger partial charge in [-0.05, 0) is 30.5 Å². The smallest absolute Gasteiger partial charge is 0.331 e. The molecule has 1 unspecified atom stereocenters. The third-order valence-corrected chi connectivity index (χ3v) is 5.27. The van der Waals surface area contributed by atoms with E-state index in [9.17, 15) is 14.4 Å². The van der Waals surface area contributed by atoms with Crippen molar-refractivity contribution in [1.82, 2.24) is 15.2 Å². The third kappa shape index (κ3) is 3.87. The summed E-state index contributed by atoms with van der Waals surface area (Å²) < 4.78 is 0. The minimum Gasteiger partial charge on any atom is -0.361 e. The summed E-state index contributed by atoms with van der Waals surface area (Å²) in [5.41, 5.74) is 3.40. The molecule has 2 aromatic carbocycles. The lowest BCUT2D eigenvalue weighted by Crippen LogP contribution is -2.59. The predicted octanol–water partition coefficient (Wildman–Crippen LogP) is 3.07. The fourth-order valence-electron chi connectivity index (χ4n) is 3.68. The van der Waals surface area contributed by atoms with Gasteiger partial charge in [-0.1, -0.05) is 48.5 Å². The summed E-state index contributed by atoms with van der Waals surface area (Å²) in [5.74, 6) is -2.25. The molecule has 4 amide bonds. The molecule has 2 N–H and O–H groups in total. The summed E-state index contributed by atoms with van der Waals surface area (Å²) in [6, 6.07) is 16.5. The van der Waals surface area contributed by atoms with Crippen molar-refractivity contribution < 1.29 is 14.4 Å². The van der Waals surface area contributed by atoms with Crippen LogP contribution >= 0.6 is 0 Å². The van der Waals surface area contributed by atoms with Gasteiger partial charge in [0.15, 0.2) is 5.92 Å². The molecule has 1 saturated heterocycles. The Morgan fingerprint density at radius 2 is 1.77 bits per heavy atom. The van der Waals surface area contributed by atoms with Gasteiger partial charge in [-0.3, -0.25) is 24.8 Å². The molecular weight excluding hydrogens is 380 g/mol.